The summed E-state index contributed by atoms with van der Waals surface area (Å²) >= 11 is 0. The summed E-state index contributed by atoms with van der Waals surface area (Å²) in [5, 5.41) is 9.16. The van der Waals surface area contributed by atoms with Gasteiger partial charge in [-0.2, -0.15) is 5.10 Å². The van der Waals surface area contributed by atoms with E-state index < -0.39 is 0 Å². The molecule has 0 bridgehead atoms. The number of benzene rings is 1. The van der Waals surface area contributed by atoms with Gasteiger partial charge < -0.3 is 5.32 Å². The van der Waals surface area contributed by atoms with E-state index in [2.05, 4.69) is 34.7 Å². The minimum Gasteiger partial charge on any atom is -0.368 e. The third-order valence-electron chi connectivity index (χ3n) is 3.01. The van der Waals surface area contributed by atoms with E-state index in [0.717, 1.165) is 18.3 Å². The Kier molecular flexibility index (Phi) is 1.91. The molecule has 0 aliphatic heterocycles. The molecule has 3 nitrogen and oxygen atoms in total. The van der Waals surface area contributed by atoms with Gasteiger partial charge in [-0.1, -0.05) is 12.1 Å². The molecule has 1 heterocycles. The lowest BCUT2D eigenvalue weighted by molar-refractivity contribution is 0.790. The van der Waals surface area contributed by atoms with Crippen molar-refractivity contribution in [3.8, 4) is 0 Å². The Morgan fingerprint density at radius 3 is 3.00 bits per heavy atom. The van der Waals surface area contributed by atoms with E-state index in [-0.39, 0.29) is 0 Å². The summed E-state index contributed by atoms with van der Waals surface area (Å²) in [7, 11) is 1.99. The molecule has 0 saturated heterocycles. The second-order valence-electron chi connectivity index (χ2n) is 4.31. The number of nitrogens with one attached hydrogen (secondary N) is 1. The van der Waals surface area contributed by atoms with Gasteiger partial charge in [0.1, 0.15) is 0 Å². The van der Waals surface area contributed by atoms with Gasteiger partial charge >= 0.3 is 0 Å². The molecule has 0 radical (unpaired) electrons. The van der Waals surface area contributed by atoms with Gasteiger partial charge in [0.25, 0.3) is 0 Å². The first kappa shape index (κ1) is 8.77. The predicted molar refractivity (Wildman–Crippen MR) is 61.9 cm³/mol. The van der Waals surface area contributed by atoms with Crippen LogP contribution in [0.4, 0.5) is 5.82 Å². The highest BCUT2D eigenvalue weighted by Gasteiger charge is 2.21. The first-order valence-electron chi connectivity index (χ1n) is 5.50. The van der Waals surface area contributed by atoms with Gasteiger partial charge in [0, 0.05) is 19.0 Å². The van der Waals surface area contributed by atoms with E-state index >= 15 is 0 Å². The number of hydrogen-bond donors (Lipinski definition) is 1. The zero-order valence-electron chi connectivity index (χ0n) is 8.90. The van der Waals surface area contributed by atoms with Gasteiger partial charge in [0.2, 0.25) is 0 Å². The van der Waals surface area contributed by atoms with Crippen molar-refractivity contribution in [3.63, 3.8) is 0 Å². The van der Waals surface area contributed by atoms with E-state index in [0.29, 0.717) is 0 Å². The molecule has 1 aromatic heterocycles. The number of aromatic nitrogens is 2. The summed E-state index contributed by atoms with van der Waals surface area (Å²) in [4.78, 5) is 0. The summed E-state index contributed by atoms with van der Waals surface area (Å²) in [6, 6.07) is 8.34. The monoisotopic (exact) mass is 201 g/mol. The lowest BCUT2D eigenvalue weighted by atomic mass is 10.2. The number of aryl methyl sites for hydroxylation is 1. The van der Waals surface area contributed by atoms with Crippen molar-refractivity contribution in [3.05, 3.63) is 24.3 Å². The van der Waals surface area contributed by atoms with E-state index in [1.54, 1.807) is 0 Å². The number of nitrogens with zero attached hydrogens (tertiary/aromatic N) is 2. The van der Waals surface area contributed by atoms with Crippen molar-refractivity contribution in [2.24, 2.45) is 13.0 Å². The quantitative estimate of drug-likeness (QED) is 0.826. The van der Waals surface area contributed by atoms with Crippen molar-refractivity contribution in [2.45, 2.75) is 12.8 Å². The molecule has 1 aliphatic rings. The molecule has 0 spiro atoms. The number of rotatable bonds is 3. The molecule has 0 unspecified atom stereocenters. The van der Waals surface area contributed by atoms with Gasteiger partial charge in [-0.25, -0.2) is 0 Å². The maximum atomic E-state index is 4.50. The van der Waals surface area contributed by atoms with E-state index in [4.69, 9.17) is 0 Å². The summed E-state index contributed by atoms with van der Waals surface area (Å²) in [6.07, 6.45) is 2.75. The zero-order chi connectivity index (χ0) is 10.3. The SMILES string of the molecule is Cn1nc(NCC2CC2)c2ccccc21. The van der Waals surface area contributed by atoms with Crippen LogP contribution in [0.1, 0.15) is 12.8 Å². The van der Waals surface area contributed by atoms with Crippen LogP contribution in [0, 0.1) is 5.92 Å². The summed E-state index contributed by atoms with van der Waals surface area (Å²) in [6.45, 7) is 1.07. The molecule has 2 aromatic rings. The average Bonchev–Trinajstić information content (AvgIpc) is 3.03. The highest BCUT2D eigenvalue weighted by atomic mass is 15.3. The predicted octanol–water partition coefficient (Wildman–Crippen LogP) is 2.40. The molecular formula is C12H15N3. The zero-order valence-corrected chi connectivity index (χ0v) is 8.90. The van der Waals surface area contributed by atoms with Gasteiger partial charge in [0.05, 0.1) is 5.52 Å². The molecule has 0 amide bonds. The molecule has 15 heavy (non-hydrogen) atoms. The fourth-order valence-corrected chi connectivity index (χ4v) is 1.91. The third-order valence-corrected chi connectivity index (χ3v) is 3.01. The molecule has 1 N–H and O–H groups in total. The van der Waals surface area contributed by atoms with Crippen LogP contribution in [0.15, 0.2) is 24.3 Å². The maximum Gasteiger partial charge on any atom is 0.155 e. The highest BCUT2D eigenvalue weighted by molar-refractivity contribution is 5.90. The van der Waals surface area contributed by atoms with Gasteiger partial charge in [-0.05, 0) is 30.9 Å². The van der Waals surface area contributed by atoms with Crippen LogP contribution in [-0.2, 0) is 7.05 Å². The van der Waals surface area contributed by atoms with Crippen LogP contribution in [0.3, 0.4) is 0 Å². The normalized spacial score (nSPS) is 15.8. The Morgan fingerprint density at radius 1 is 1.40 bits per heavy atom. The van der Waals surface area contributed by atoms with Crippen LogP contribution >= 0.6 is 0 Å². The Labute approximate surface area is 89.1 Å². The second kappa shape index (κ2) is 3.26. The largest absolute Gasteiger partial charge is 0.368 e. The standard InChI is InChI=1S/C12H15N3/c1-15-11-5-3-2-4-10(11)12(14-15)13-8-9-6-7-9/h2-5,9H,6-8H2,1H3,(H,13,14). The second-order valence-corrected chi connectivity index (χ2v) is 4.31. The minimum atomic E-state index is 0.880. The Balaban J connectivity index is 1.94. The molecule has 78 valence electrons. The van der Waals surface area contributed by atoms with Crippen LogP contribution in [0.2, 0.25) is 0 Å². The first-order chi connectivity index (χ1) is 7.34. The molecular weight excluding hydrogens is 186 g/mol. The van der Waals surface area contributed by atoms with Gasteiger partial charge in [-0.15, -0.1) is 0 Å². The first-order valence-corrected chi connectivity index (χ1v) is 5.50. The molecule has 1 aliphatic carbocycles. The summed E-state index contributed by atoms with van der Waals surface area (Å²) < 4.78 is 1.94. The number of fused-ring (bicyclic) bond motifs is 1. The fraction of sp³-hybridized carbons (Fsp3) is 0.417. The van der Waals surface area contributed by atoms with Gasteiger partial charge in [-0.3, -0.25) is 4.68 Å². The lowest BCUT2D eigenvalue weighted by Gasteiger charge is -2.00. The highest BCUT2D eigenvalue weighted by Crippen LogP contribution is 2.30. The van der Waals surface area contributed by atoms with Crippen LogP contribution in [-0.4, -0.2) is 16.3 Å². The molecule has 3 rings (SSSR count). The number of hydrogen-bond acceptors (Lipinski definition) is 2. The van der Waals surface area contributed by atoms with Crippen molar-refractivity contribution in [1.82, 2.24) is 9.78 Å². The Morgan fingerprint density at radius 2 is 2.20 bits per heavy atom. The van der Waals surface area contributed by atoms with Gasteiger partial charge in [0.15, 0.2) is 5.82 Å². The van der Waals surface area contributed by atoms with Crippen molar-refractivity contribution >= 4 is 16.7 Å². The minimum absolute atomic E-state index is 0.880. The van der Waals surface area contributed by atoms with E-state index in [1.165, 1.54) is 23.7 Å². The molecule has 1 aromatic carbocycles. The lowest BCUT2D eigenvalue weighted by Crippen LogP contribution is -2.04. The molecule has 0 atom stereocenters. The molecule has 1 saturated carbocycles. The summed E-state index contributed by atoms with van der Waals surface area (Å²) in [5.41, 5.74) is 1.19. The topological polar surface area (TPSA) is 29.9 Å². The smallest absolute Gasteiger partial charge is 0.155 e. The molecule has 1 fully saturated rings. The molecule has 3 heteroatoms. The maximum absolute atomic E-state index is 4.50. The van der Waals surface area contributed by atoms with Crippen LogP contribution < -0.4 is 5.32 Å². The average molecular weight is 201 g/mol. The Bertz CT molecular complexity index is 483. The van der Waals surface area contributed by atoms with Crippen molar-refractivity contribution < 1.29 is 0 Å². The van der Waals surface area contributed by atoms with Crippen molar-refractivity contribution in [1.29, 1.82) is 0 Å². The number of para-hydroxylation sites is 1. The van der Waals surface area contributed by atoms with Crippen LogP contribution in [0.25, 0.3) is 10.9 Å². The fourth-order valence-electron chi connectivity index (χ4n) is 1.91. The summed E-state index contributed by atoms with van der Waals surface area (Å²) in [5.74, 6) is 1.91. The third kappa shape index (κ3) is 1.58. The van der Waals surface area contributed by atoms with Crippen LogP contribution in [0.5, 0.6) is 0 Å². The van der Waals surface area contributed by atoms with E-state index in [9.17, 15) is 0 Å². The Hall–Kier alpha value is -1.51. The number of anilines is 1. The van der Waals surface area contributed by atoms with E-state index in [1.807, 2.05) is 11.7 Å². The van der Waals surface area contributed by atoms with Crippen molar-refractivity contribution in [2.75, 3.05) is 11.9 Å².